The van der Waals surface area contributed by atoms with Crippen LogP contribution in [0.25, 0.3) is 0 Å². The molecule has 1 heterocycles. The third-order valence-electron chi connectivity index (χ3n) is 1.30. The smallest absolute Gasteiger partial charge is 0.342 e. The summed E-state index contributed by atoms with van der Waals surface area (Å²) in [5.41, 5.74) is 6.82. The highest BCUT2D eigenvalue weighted by Gasteiger charge is 2.23. The predicted octanol–water partition coefficient (Wildman–Crippen LogP) is -1.49. The minimum Gasteiger partial charge on any atom is -0.350 e. The molecule has 4 N–H and O–H groups in total. The van der Waals surface area contributed by atoms with Gasteiger partial charge in [-0.25, -0.2) is 20.0 Å². The molecule has 0 atom stereocenters. The van der Waals surface area contributed by atoms with Crippen LogP contribution in [0.5, 0.6) is 0 Å². The van der Waals surface area contributed by atoms with Crippen molar-refractivity contribution >= 4 is 18.0 Å². The van der Waals surface area contributed by atoms with Crippen LogP contribution in [0, 0.1) is 0 Å². The van der Waals surface area contributed by atoms with Crippen LogP contribution in [0.4, 0.5) is 9.59 Å². The number of amides is 5. The fraction of sp³-hybridized carbons (Fsp3) is 0.400. The highest BCUT2D eigenvalue weighted by atomic mass is 16.2. The van der Waals surface area contributed by atoms with E-state index in [0.29, 0.717) is 0 Å². The summed E-state index contributed by atoms with van der Waals surface area (Å²) in [6, 6.07) is -1.50. The number of carbonyl (C=O) groups excluding carboxylic acids is 3. The molecule has 1 rings (SSSR count). The number of hydrogen-bond donors (Lipinski definition) is 3. The van der Waals surface area contributed by atoms with Crippen LogP contribution in [-0.2, 0) is 4.79 Å². The number of rotatable bonds is 1. The second-order valence-corrected chi connectivity index (χ2v) is 2.23. The minimum absolute atomic E-state index is 0.146. The first kappa shape index (κ1) is 8.31. The molecule has 0 spiro atoms. The average molecular weight is 172 g/mol. The first-order valence-electron chi connectivity index (χ1n) is 3.27. The quantitative estimate of drug-likeness (QED) is 0.448. The van der Waals surface area contributed by atoms with Crippen LogP contribution >= 0.6 is 0 Å². The Hall–Kier alpha value is -1.79. The molecule has 1 fully saturated rings. The fourth-order valence-corrected chi connectivity index (χ4v) is 0.804. The molecular weight excluding hydrogens is 164 g/mol. The van der Waals surface area contributed by atoms with Gasteiger partial charge in [-0.2, -0.15) is 0 Å². The van der Waals surface area contributed by atoms with Crippen molar-refractivity contribution in [3.8, 4) is 0 Å². The number of imide groups is 1. The molecule has 5 amide bonds. The maximum Gasteiger partial charge on any atom is 0.342 e. The highest BCUT2D eigenvalue weighted by Crippen LogP contribution is 1.95. The summed E-state index contributed by atoms with van der Waals surface area (Å²) in [7, 11) is 0. The van der Waals surface area contributed by atoms with Gasteiger partial charge in [0.05, 0.1) is 6.54 Å². The van der Waals surface area contributed by atoms with Gasteiger partial charge in [-0.05, 0) is 0 Å². The van der Waals surface area contributed by atoms with Gasteiger partial charge in [-0.1, -0.05) is 0 Å². The zero-order chi connectivity index (χ0) is 9.14. The Labute approximate surface area is 67.8 Å². The van der Waals surface area contributed by atoms with Crippen molar-refractivity contribution in [3.63, 3.8) is 0 Å². The molecule has 0 unspecified atom stereocenters. The lowest BCUT2D eigenvalue weighted by Gasteiger charge is -2.25. The molecule has 0 saturated carbocycles. The SMILES string of the molecule is NC(=O)NN1CCC(=O)NC1=O. The van der Waals surface area contributed by atoms with Gasteiger partial charge in [0.25, 0.3) is 0 Å². The first-order valence-corrected chi connectivity index (χ1v) is 3.27. The third kappa shape index (κ3) is 1.84. The summed E-state index contributed by atoms with van der Waals surface area (Å²) in [6.45, 7) is 0.146. The summed E-state index contributed by atoms with van der Waals surface area (Å²) in [5.74, 6) is -0.359. The third-order valence-corrected chi connectivity index (χ3v) is 1.30. The number of carbonyl (C=O) groups is 3. The molecule has 12 heavy (non-hydrogen) atoms. The highest BCUT2D eigenvalue weighted by molar-refractivity contribution is 5.97. The molecule has 1 aliphatic rings. The Kier molecular flexibility index (Phi) is 2.13. The number of urea groups is 2. The van der Waals surface area contributed by atoms with Crippen LogP contribution < -0.4 is 16.5 Å². The lowest BCUT2D eigenvalue weighted by Crippen LogP contribution is -2.57. The maximum absolute atomic E-state index is 10.9. The Morgan fingerprint density at radius 1 is 1.58 bits per heavy atom. The van der Waals surface area contributed by atoms with Crippen LogP contribution in [0.1, 0.15) is 6.42 Å². The van der Waals surface area contributed by atoms with Gasteiger partial charge in [0.15, 0.2) is 0 Å². The van der Waals surface area contributed by atoms with Crippen LogP contribution in [0.15, 0.2) is 0 Å². The van der Waals surface area contributed by atoms with Crippen molar-refractivity contribution < 1.29 is 14.4 Å². The lowest BCUT2D eigenvalue weighted by atomic mass is 10.3. The molecule has 0 radical (unpaired) electrons. The van der Waals surface area contributed by atoms with Crippen molar-refractivity contribution in [2.45, 2.75) is 6.42 Å². The first-order chi connectivity index (χ1) is 5.59. The molecule has 1 saturated heterocycles. The molecule has 7 heteroatoms. The topological polar surface area (TPSA) is 105 Å². The number of hydrogen-bond acceptors (Lipinski definition) is 3. The van der Waals surface area contributed by atoms with Crippen LogP contribution in [0.2, 0.25) is 0 Å². The molecule has 0 aliphatic carbocycles. The van der Waals surface area contributed by atoms with E-state index in [-0.39, 0.29) is 18.9 Å². The van der Waals surface area contributed by atoms with E-state index in [1.54, 1.807) is 0 Å². The summed E-state index contributed by atoms with van der Waals surface area (Å²) in [4.78, 5) is 31.8. The Balaban J connectivity index is 2.51. The second kappa shape index (κ2) is 3.07. The Bertz CT molecular complexity index is 239. The number of hydrazine groups is 1. The number of nitrogens with two attached hydrogens (primary N) is 1. The van der Waals surface area contributed by atoms with Gasteiger partial charge in [-0.3, -0.25) is 10.1 Å². The Morgan fingerprint density at radius 2 is 2.25 bits per heavy atom. The van der Waals surface area contributed by atoms with E-state index in [0.717, 1.165) is 5.01 Å². The van der Waals surface area contributed by atoms with Gasteiger partial charge >= 0.3 is 12.1 Å². The van der Waals surface area contributed by atoms with Gasteiger partial charge in [0.2, 0.25) is 5.91 Å². The molecule has 66 valence electrons. The zero-order valence-electron chi connectivity index (χ0n) is 6.16. The van der Waals surface area contributed by atoms with E-state index in [1.807, 2.05) is 5.32 Å². The fourth-order valence-electron chi connectivity index (χ4n) is 0.804. The van der Waals surface area contributed by atoms with E-state index in [9.17, 15) is 14.4 Å². The van der Waals surface area contributed by atoms with E-state index in [4.69, 9.17) is 5.73 Å². The molecule has 1 aliphatic heterocycles. The lowest BCUT2D eigenvalue weighted by molar-refractivity contribution is -0.121. The molecule has 0 aromatic heterocycles. The van der Waals surface area contributed by atoms with Crippen molar-refractivity contribution in [1.82, 2.24) is 15.8 Å². The summed E-state index contributed by atoms with van der Waals surface area (Å²) >= 11 is 0. The molecular formula is C5H8N4O3. The van der Waals surface area contributed by atoms with Crippen molar-refractivity contribution in [3.05, 3.63) is 0 Å². The van der Waals surface area contributed by atoms with Gasteiger partial charge in [-0.15, -0.1) is 0 Å². The van der Waals surface area contributed by atoms with Gasteiger partial charge < -0.3 is 5.73 Å². The number of primary amides is 1. The van der Waals surface area contributed by atoms with Gasteiger partial charge in [0, 0.05) is 6.42 Å². The summed E-state index contributed by atoms with van der Waals surface area (Å²) < 4.78 is 0. The predicted molar refractivity (Wildman–Crippen MR) is 37.6 cm³/mol. The van der Waals surface area contributed by atoms with Gasteiger partial charge in [0.1, 0.15) is 0 Å². The summed E-state index contributed by atoms with van der Waals surface area (Å²) in [5, 5.41) is 2.96. The number of nitrogens with one attached hydrogen (secondary N) is 2. The maximum atomic E-state index is 10.9. The van der Waals surface area contributed by atoms with E-state index in [1.165, 1.54) is 0 Å². The Morgan fingerprint density at radius 3 is 2.75 bits per heavy atom. The number of nitrogens with zero attached hydrogens (tertiary/aromatic N) is 1. The van der Waals surface area contributed by atoms with E-state index < -0.39 is 12.1 Å². The van der Waals surface area contributed by atoms with Crippen LogP contribution in [-0.4, -0.2) is 29.5 Å². The normalized spacial score (nSPS) is 17.2. The van der Waals surface area contributed by atoms with Crippen molar-refractivity contribution in [1.29, 1.82) is 0 Å². The molecule has 0 aromatic rings. The average Bonchev–Trinajstić information content (AvgIpc) is 1.94. The standard InChI is InChI=1S/C5H8N4O3/c6-4(11)8-9-2-1-3(10)7-5(9)12/h1-2H2,(H3,6,8,11)(H,7,10,12). The van der Waals surface area contributed by atoms with Crippen LogP contribution in [0.3, 0.4) is 0 Å². The van der Waals surface area contributed by atoms with E-state index >= 15 is 0 Å². The van der Waals surface area contributed by atoms with Crippen molar-refractivity contribution in [2.75, 3.05) is 6.54 Å². The zero-order valence-corrected chi connectivity index (χ0v) is 6.16. The molecule has 0 bridgehead atoms. The second-order valence-electron chi connectivity index (χ2n) is 2.23. The minimum atomic E-state index is -0.834. The largest absolute Gasteiger partial charge is 0.350 e. The summed E-state index contributed by atoms with van der Waals surface area (Å²) in [6.07, 6.45) is 0.159. The molecule has 0 aromatic carbocycles. The molecule has 7 nitrogen and oxygen atoms in total. The van der Waals surface area contributed by atoms with Crippen molar-refractivity contribution in [2.24, 2.45) is 5.73 Å². The van der Waals surface area contributed by atoms with E-state index in [2.05, 4.69) is 5.43 Å². The monoisotopic (exact) mass is 172 g/mol.